The molecule has 1 rings (SSSR count). The van der Waals surface area contributed by atoms with Crippen molar-refractivity contribution in [2.45, 2.75) is 39.4 Å². The Bertz CT molecular complexity index is 664. The number of nitrogens with one attached hydrogen (secondary N) is 1. The van der Waals surface area contributed by atoms with Crippen molar-refractivity contribution in [2.24, 2.45) is 0 Å². The topological polar surface area (TPSA) is 83.5 Å². The fourth-order valence-electron chi connectivity index (χ4n) is 2.26. The lowest BCUT2D eigenvalue weighted by Gasteiger charge is -2.18. The first kappa shape index (κ1) is 20.2. The number of anilines is 1. The number of rotatable bonds is 8. The summed E-state index contributed by atoms with van der Waals surface area (Å²) in [6, 6.07) is 6.46. The van der Waals surface area contributed by atoms with Crippen LogP contribution in [-0.4, -0.2) is 49.2 Å². The fourth-order valence-corrected chi connectivity index (χ4v) is 3.57. The van der Waals surface area contributed by atoms with E-state index >= 15 is 0 Å². The van der Waals surface area contributed by atoms with Crippen LogP contribution in [0.1, 0.15) is 44.5 Å². The van der Waals surface area contributed by atoms with Gasteiger partial charge in [0, 0.05) is 24.3 Å². The highest BCUT2D eigenvalue weighted by Gasteiger charge is 2.27. The van der Waals surface area contributed by atoms with Crippen molar-refractivity contribution in [2.75, 3.05) is 24.2 Å². The second-order valence-electron chi connectivity index (χ2n) is 5.55. The third-order valence-electron chi connectivity index (χ3n) is 3.85. The number of benzene rings is 1. The first-order valence-corrected chi connectivity index (χ1v) is 9.90. The van der Waals surface area contributed by atoms with Crippen LogP contribution in [0.3, 0.4) is 0 Å². The van der Waals surface area contributed by atoms with Crippen LogP contribution >= 0.6 is 0 Å². The first-order valence-electron chi connectivity index (χ1n) is 8.18. The van der Waals surface area contributed by atoms with Crippen LogP contribution in [0.5, 0.6) is 0 Å². The van der Waals surface area contributed by atoms with Gasteiger partial charge in [-0.2, -0.15) is 0 Å². The smallest absolute Gasteiger partial charge is 0.253 e. The van der Waals surface area contributed by atoms with E-state index in [4.69, 9.17) is 0 Å². The predicted molar refractivity (Wildman–Crippen MR) is 95.9 cm³/mol. The van der Waals surface area contributed by atoms with Gasteiger partial charge in [0.15, 0.2) is 9.84 Å². The summed E-state index contributed by atoms with van der Waals surface area (Å²) in [6.45, 7) is 8.22. The molecule has 0 fully saturated rings. The molecule has 1 aromatic rings. The van der Waals surface area contributed by atoms with Crippen LogP contribution in [0.4, 0.5) is 5.69 Å². The average molecular weight is 354 g/mol. The highest BCUT2D eigenvalue weighted by Crippen LogP contribution is 2.14. The van der Waals surface area contributed by atoms with Gasteiger partial charge >= 0.3 is 0 Å². The largest absolute Gasteiger partial charge is 0.339 e. The lowest BCUT2D eigenvalue weighted by atomic mass is 10.1. The zero-order valence-electron chi connectivity index (χ0n) is 14.7. The molecular formula is C17H26N2O4S. The molecule has 6 nitrogen and oxygen atoms in total. The maximum absolute atomic E-state index is 12.2. The standard InChI is InChI=1S/C17H26N2O4S/c1-5-12-24(22,23)13(4)16(20)18-15-10-8-14(9-11-15)17(21)19(6-2)7-3/h8-11,13H,5-7,12H2,1-4H3,(H,18,20). The Hall–Kier alpha value is -1.89. The van der Waals surface area contributed by atoms with Gasteiger partial charge in [-0.25, -0.2) is 8.42 Å². The van der Waals surface area contributed by atoms with Crippen molar-refractivity contribution in [3.05, 3.63) is 29.8 Å². The Morgan fingerprint density at radius 3 is 2.08 bits per heavy atom. The van der Waals surface area contributed by atoms with Gasteiger partial charge in [-0.3, -0.25) is 9.59 Å². The van der Waals surface area contributed by atoms with E-state index in [0.29, 0.717) is 30.8 Å². The van der Waals surface area contributed by atoms with E-state index in [0.717, 1.165) is 0 Å². The molecular weight excluding hydrogens is 328 g/mol. The van der Waals surface area contributed by atoms with Crippen molar-refractivity contribution in [1.82, 2.24) is 4.90 Å². The molecule has 0 saturated heterocycles. The molecule has 0 saturated carbocycles. The molecule has 134 valence electrons. The summed E-state index contributed by atoms with van der Waals surface area (Å²) in [5.74, 6) is -0.651. The summed E-state index contributed by atoms with van der Waals surface area (Å²) in [5, 5.41) is 1.48. The summed E-state index contributed by atoms with van der Waals surface area (Å²) in [4.78, 5) is 26.0. The lowest BCUT2D eigenvalue weighted by Crippen LogP contribution is -2.34. The number of hydrogen-bond donors (Lipinski definition) is 1. The number of hydrogen-bond acceptors (Lipinski definition) is 4. The molecule has 1 aromatic carbocycles. The van der Waals surface area contributed by atoms with E-state index in [2.05, 4.69) is 5.32 Å². The normalized spacial score (nSPS) is 12.5. The van der Waals surface area contributed by atoms with Crippen molar-refractivity contribution < 1.29 is 18.0 Å². The summed E-state index contributed by atoms with van der Waals surface area (Å²) in [6.07, 6.45) is 0.474. The van der Waals surface area contributed by atoms with Crippen LogP contribution in [0.2, 0.25) is 0 Å². The zero-order valence-corrected chi connectivity index (χ0v) is 15.5. The van der Waals surface area contributed by atoms with E-state index in [1.807, 2.05) is 13.8 Å². The van der Waals surface area contributed by atoms with Gasteiger partial charge in [-0.1, -0.05) is 6.92 Å². The summed E-state index contributed by atoms with van der Waals surface area (Å²) in [5.41, 5.74) is 0.998. The average Bonchev–Trinajstić information content (AvgIpc) is 2.55. The minimum Gasteiger partial charge on any atom is -0.339 e. The van der Waals surface area contributed by atoms with Crippen LogP contribution in [0.25, 0.3) is 0 Å². The van der Waals surface area contributed by atoms with E-state index in [1.165, 1.54) is 6.92 Å². The number of carbonyl (C=O) groups excluding carboxylic acids is 2. The van der Waals surface area contributed by atoms with Crippen molar-refractivity contribution in [3.8, 4) is 0 Å². The lowest BCUT2D eigenvalue weighted by molar-refractivity contribution is -0.115. The zero-order chi connectivity index (χ0) is 18.3. The highest BCUT2D eigenvalue weighted by atomic mass is 32.2. The Morgan fingerprint density at radius 2 is 1.62 bits per heavy atom. The molecule has 0 aromatic heterocycles. The minimum absolute atomic E-state index is 0.0150. The van der Waals surface area contributed by atoms with E-state index < -0.39 is 21.0 Å². The van der Waals surface area contributed by atoms with E-state index in [9.17, 15) is 18.0 Å². The van der Waals surface area contributed by atoms with Crippen molar-refractivity contribution in [1.29, 1.82) is 0 Å². The minimum atomic E-state index is -3.44. The van der Waals surface area contributed by atoms with Gasteiger partial charge in [0.05, 0.1) is 5.75 Å². The van der Waals surface area contributed by atoms with Crippen molar-refractivity contribution in [3.63, 3.8) is 0 Å². The molecule has 2 amide bonds. The van der Waals surface area contributed by atoms with E-state index in [1.54, 1.807) is 36.1 Å². The van der Waals surface area contributed by atoms with E-state index in [-0.39, 0.29) is 11.7 Å². The first-order chi connectivity index (χ1) is 11.3. The molecule has 0 heterocycles. The van der Waals surface area contributed by atoms with Crippen LogP contribution in [-0.2, 0) is 14.6 Å². The molecule has 7 heteroatoms. The third-order valence-corrected chi connectivity index (χ3v) is 6.12. The van der Waals surface area contributed by atoms with Gasteiger partial charge in [0.2, 0.25) is 5.91 Å². The predicted octanol–water partition coefficient (Wildman–Crippen LogP) is 2.32. The molecule has 1 atom stereocenters. The molecule has 0 aliphatic rings. The molecule has 24 heavy (non-hydrogen) atoms. The molecule has 0 spiro atoms. The second-order valence-corrected chi connectivity index (χ2v) is 7.99. The number of amides is 2. The quantitative estimate of drug-likeness (QED) is 0.776. The van der Waals surface area contributed by atoms with Crippen LogP contribution in [0.15, 0.2) is 24.3 Å². The summed E-state index contributed by atoms with van der Waals surface area (Å²) in [7, 11) is -3.44. The monoisotopic (exact) mass is 354 g/mol. The third kappa shape index (κ3) is 5.06. The van der Waals surface area contributed by atoms with Gasteiger partial charge in [0.25, 0.3) is 5.91 Å². The van der Waals surface area contributed by atoms with Gasteiger partial charge < -0.3 is 10.2 Å². The molecule has 0 radical (unpaired) electrons. The SMILES string of the molecule is CCCS(=O)(=O)C(C)C(=O)Nc1ccc(C(=O)N(CC)CC)cc1. The molecule has 1 unspecified atom stereocenters. The summed E-state index contributed by atoms with van der Waals surface area (Å²) < 4.78 is 23.9. The Kier molecular flexibility index (Phi) is 7.41. The molecule has 0 aliphatic heterocycles. The number of sulfone groups is 1. The Balaban J connectivity index is 2.80. The Morgan fingerprint density at radius 1 is 1.08 bits per heavy atom. The van der Waals surface area contributed by atoms with Crippen LogP contribution in [0, 0.1) is 0 Å². The molecule has 1 N–H and O–H groups in total. The maximum atomic E-state index is 12.2. The van der Waals surface area contributed by atoms with Gasteiger partial charge in [-0.15, -0.1) is 0 Å². The maximum Gasteiger partial charge on any atom is 0.253 e. The molecule has 0 aliphatic carbocycles. The fraction of sp³-hybridized carbons (Fsp3) is 0.529. The number of carbonyl (C=O) groups is 2. The summed E-state index contributed by atoms with van der Waals surface area (Å²) >= 11 is 0. The highest BCUT2D eigenvalue weighted by molar-refractivity contribution is 7.92. The second kappa shape index (κ2) is 8.82. The van der Waals surface area contributed by atoms with Gasteiger partial charge in [-0.05, 0) is 51.5 Å². The van der Waals surface area contributed by atoms with Crippen molar-refractivity contribution >= 4 is 27.3 Å². The molecule has 0 bridgehead atoms. The van der Waals surface area contributed by atoms with Crippen LogP contribution < -0.4 is 5.32 Å². The number of nitrogens with zero attached hydrogens (tertiary/aromatic N) is 1. The Labute approximate surface area is 144 Å². The van der Waals surface area contributed by atoms with Gasteiger partial charge in [0.1, 0.15) is 5.25 Å².